The Balaban J connectivity index is 1.44. The summed E-state index contributed by atoms with van der Waals surface area (Å²) in [5.74, 6) is -6.06. The van der Waals surface area contributed by atoms with Crippen LogP contribution in [0.1, 0.15) is 90.9 Å². The van der Waals surface area contributed by atoms with E-state index in [-0.39, 0.29) is 34.8 Å². The van der Waals surface area contributed by atoms with E-state index in [1.165, 1.54) is 23.0 Å². The maximum absolute atomic E-state index is 14.0. The second kappa shape index (κ2) is 12.9. The van der Waals surface area contributed by atoms with Crippen LogP contribution in [-0.2, 0) is 17.5 Å². The average Bonchev–Trinajstić information content (AvgIpc) is 3.57. The number of nitrogens with zero attached hydrogens (tertiary/aromatic N) is 6. The summed E-state index contributed by atoms with van der Waals surface area (Å²) in [5.41, 5.74) is -2.52. The Hall–Kier alpha value is -4.00. The van der Waals surface area contributed by atoms with Crippen LogP contribution in [0.2, 0.25) is 0 Å². The molecule has 0 radical (unpaired) electrons. The Morgan fingerprint density at radius 1 is 0.979 bits per heavy atom. The van der Waals surface area contributed by atoms with E-state index in [4.69, 9.17) is 0 Å². The quantitative estimate of drug-likeness (QED) is 0.246. The van der Waals surface area contributed by atoms with Crippen LogP contribution in [0.3, 0.4) is 0 Å². The third kappa shape index (κ3) is 8.48. The Labute approximate surface area is 259 Å². The summed E-state index contributed by atoms with van der Waals surface area (Å²) in [7, 11) is 0. The van der Waals surface area contributed by atoms with Crippen molar-refractivity contribution in [3.05, 3.63) is 41.1 Å². The second-order valence-electron chi connectivity index (χ2n) is 11.8. The van der Waals surface area contributed by atoms with Gasteiger partial charge in [-0.15, -0.1) is 5.10 Å². The highest BCUT2D eigenvalue weighted by molar-refractivity contribution is 5.93. The molecule has 3 aromatic rings. The number of carbonyl (C=O) groups is 2. The van der Waals surface area contributed by atoms with Gasteiger partial charge in [0.1, 0.15) is 6.54 Å². The lowest BCUT2D eigenvalue weighted by molar-refractivity contribution is -0.145. The van der Waals surface area contributed by atoms with Crippen molar-refractivity contribution in [3.8, 4) is 0 Å². The number of halogens is 10. The van der Waals surface area contributed by atoms with Crippen molar-refractivity contribution < 1.29 is 53.5 Å². The predicted octanol–water partition coefficient (Wildman–Crippen LogP) is 5.81. The lowest BCUT2D eigenvalue weighted by Gasteiger charge is -2.33. The van der Waals surface area contributed by atoms with Gasteiger partial charge in [-0.05, 0) is 49.1 Å². The van der Waals surface area contributed by atoms with Crippen molar-refractivity contribution in [3.63, 3.8) is 0 Å². The summed E-state index contributed by atoms with van der Waals surface area (Å²) in [6, 6.07) is -0.428. The molecule has 47 heavy (non-hydrogen) atoms. The Bertz CT molecular complexity index is 1590. The molecule has 20 heteroatoms. The molecule has 2 N–H and O–H groups in total. The molecule has 2 atom stereocenters. The first-order chi connectivity index (χ1) is 21.9. The molecule has 2 aliphatic carbocycles. The largest absolute Gasteiger partial charge is 0.435 e. The van der Waals surface area contributed by atoms with Crippen LogP contribution in [0.15, 0.2) is 18.5 Å². The smallest absolute Gasteiger partial charge is 0.349 e. The van der Waals surface area contributed by atoms with E-state index < -0.39 is 98.1 Å². The van der Waals surface area contributed by atoms with Crippen LogP contribution in [0.25, 0.3) is 5.65 Å². The monoisotopic (exact) mass is 686 g/mol. The maximum Gasteiger partial charge on any atom is 0.435 e. The number of fused-ring (bicyclic) bond motifs is 1. The van der Waals surface area contributed by atoms with Gasteiger partial charge in [0.05, 0.1) is 36.6 Å². The summed E-state index contributed by atoms with van der Waals surface area (Å²) in [4.78, 5) is 29.9. The van der Waals surface area contributed by atoms with Crippen molar-refractivity contribution in [1.82, 2.24) is 40.2 Å². The van der Waals surface area contributed by atoms with Gasteiger partial charge in [-0.2, -0.15) is 31.4 Å². The molecular weight excluding hydrogens is 658 g/mol. The summed E-state index contributed by atoms with van der Waals surface area (Å²) in [6.45, 7) is -1.48. The number of hydrogen-bond donors (Lipinski definition) is 2. The summed E-state index contributed by atoms with van der Waals surface area (Å²) < 4.78 is 134. The van der Waals surface area contributed by atoms with Gasteiger partial charge in [0.15, 0.2) is 17.0 Å². The molecule has 5 rings (SSSR count). The number of rotatable bonds is 11. The zero-order valence-corrected chi connectivity index (χ0v) is 24.3. The summed E-state index contributed by atoms with van der Waals surface area (Å²) in [6.07, 6.45) is -12.5. The van der Waals surface area contributed by atoms with E-state index in [9.17, 15) is 53.5 Å². The zero-order chi connectivity index (χ0) is 34.3. The van der Waals surface area contributed by atoms with Gasteiger partial charge in [-0.1, -0.05) is 5.21 Å². The van der Waals surface area contributed by atoms with E-state index in [0.29, 0.717) is 18.4 Å². The van der Waals surface area contributed by atoms with Crippen molar-refractivity contribution >= 4 is 17.5 Å². The molecule has 2 amide bonds. The van der Waals surface area contributed by atoms with Gasteiger partial charge in [0.2, 0.25) is 11.8 Å². The van der Waals surface area contributed by atoms with Crippen molar-refractivity contribution in [1.29, 1.82) is 0 Å². The lowest BCUT2D eigenvalue weighted by Crippen LogP contribution is -2.38. The standard InChI is InChI=1S/C27H28F10N8O2/c28-17(29)12-45-23(27(35,36)37)22(42-43-45)24(47)41-21(14-3-6-25(30,31)7-4-14)16-11-44-18(39-16)9-15(10-38-44)20(13-1-2-13)40-19(46)5-8-26(32,33)34/h9-11,13-14,17,20-21H,1-8,12H2,(H,40,46)(H,41,47)/t20-,21+/m1/s1. The molecule has 0 bridgehead atoms. The van der Waals surface area contributed by atoms with E-state index in [1.807, 2.05) is 0 Å². The number of alkyl halides is 10. The molecule has 2 fully saturated rings. The molecule has 3 aromatic heterocycles. The number of hydrogen-bond acceptors (Lipinski definition) is 6. The molecule has 2 aliphatic rings. The fourth-order valence-electron chi connectivity index (χ4n) is 5.68. The fourth-order valence-corrected chi connectivity index (χ4v) is 5.68. The summed E-state index contributed by atoms with van der Waals surface area (Å²) in [5, 5.41) is 15.5. The Morgan fingerprint density at radius 3 is 2.23 bits per heavy atom. The minimum absolute atomic E-state index is 0.0314. The number of carbonyl (C=O) groups excluding carboxylic acids is 2. The molecule has 0 aromatic carbocycles. The molecule has 3 heterocycles. The van der Waals surface area contributed by atoms with Gasteiger partial charge < -0.3 is 10.6 Å². The van der Waals surface area contributed by atoms with Crippen LogP contribution in [-0.4, -0.2) is 59.9 Å². The van der Waals surface area contributed by atoms with Gasteiger partial charge in [-0.25, -0.2) is 31.7 Å². The number of amides is 2. The Morgan fingerprint density at radius 2 is 1.64 bits per heavy atom. The Kier molecular flexibility index (Phi) is 9.42. The van der Waals surface area contributed by atoms with Gasteiger partial charge in [0.25, 0.3) is 12.3 Å². The lowest BCUT2D eigenvalue weighted by atomic mass is 9.81. The molecule has 10 nitrogen and oxygen atoms in total. The maximum atomic E-state index is 14.0. The topological polar surface area (TPSA) is 119 Å². The third-order valence-electron chi connectivity index (χ3n) is 8.13. The first-order valence-electron chi connectivity index (χ1n) is 14.6. The normalized spacial score (nSPS) is 18.8. The number of imidazole rings is 1. The predicted molar refractivity (Wildman–Crippen MR) is 140 cm³/mol. The number of nitrogens with one attached hydrogen (secondary N) is 2. The highest BCUT2D eigenvalue weighted by Crippen LogP contribution is 2.43. The molecule has 2 saturated carbocycles. The molecule has 0 unspecified atom stereocenters. The molecule has 0 saturated heterocycles. The van der Waals surface area contributed by atoms with E-state index >= 15 is 0 Å². The van der Waals surface area contributed by atoms with Crippen molar-refractivity contribution in [2.75, 3.05) is 0 Å². The average molecular weight is 687 g/mol. The van der Waals surface area contributed by atoms with E-state index in [0.717, 1.165) is 0 Å². The van der Waals surface area contributed by atoms with Gasteiger partial charge in [0, 0.05) is 19.3 Å². The van der Waals surface area contributed by atoms with Gasteiger partial charge in [-0.3, -0.25) is 9.59 Å². The first-order valence-corrected chi connectivity index (χ1v) is 14.6. The molecule has 0 spiro atoms. The SMILES string of the molecule is O=C(CCC(F)(F)F)N[C@@H](c1cnn2cc([C@@H](NC(=O)c3nnn(CC(F)F)c3C(F)(F)F)C3CCC(F)(F)CC3)nc2c1)C1CC1. The van der Waals surface area contributed by atoms with Crippen LogP contribution >= 0.6 is 0 Å². The minimum atomic E-state index is -5.29. The highest BCUT2D eigenvalue weighted by atomic mass is 19.4. The number of aromatic nitrogens is 6. The van der Waals surface area contributed by atoms with Crippen molar-refractivity contribution in [2.45, 2.75) is 94.7 Å². The highest BCUT2D eigenvalue weighted by Gasteiger charge is 2.44. The third-order valence-corrected chi connectivity index (χ3v) is 8.13. The second-order valence-corrected chi connectivity index (χ2v) is 11.8. The summed E-state index contributed by atoms with van der Waals surface area (Å²) >= 11 is 0. The molecular formula is C27H28F10N8O2. The molecule has 258 valence electrons. The van der Waals surface area contributed by atoms with E-state index in [2.05, 4.69) is 31.0 Å². The fraction of sp³-hybridized carbons (Fsp3) is 0.630. The molecule has 0 aliphatic heterocycles. The first kappa shape index (κ1) is 34.3. The van der Waals surface area contributed by atoms with Crippen LogP contribution in [0.5, 0.6) is 0 Å². The van der Waals surface area contributed by atoms with Gasteiger partial charge >= 0.3 is 12.4 Å². The van der Waals surface area contributed by atoms with Crippen LogP contribution in [0.4, 0.5) is 43.9 Å². The van der Waals surface area contributed by atoms with Crippen LogP contribution in [0, 0.1) is 11.8 Å². The van der Waals surface area contributed by atoms with Crippen molar-refractivity contribution in [2.24, 2.45) is 11.8 Å². The van der Waals surface area contributed by atoms with Crippen LogP contribution < -0.4 is 10.6 Å². The van der Waals surface area contributed by atoms with E-state index in [1.54, 1.807) is 0 Å². The minimum Gasteiger partial charge on any atom is -0.349 e. The zero-order valence-electron chi connectivity index (χ0n) is 24.3.